The molecule has 150 valence electrons. The van der Waals surface area contributed by atoms with Crippen LogP contribution in [-0.2, 0) is 17.9 Å². The molecule has 10 nitrogen and oxygen atoms in total. The van der Waals surface area contributed by atoms with Gasteiger partial charge in [0.1, 0.15) is 17.5 Å². The molecule has 0 radical (unpaired) electrons. The van der Waals surface area contributed by atoms with Gasteiger partial charge in [-0.15, -0.1) is 0 Å². The SMILES string of the molecule is O=c1c2cnn(-c3ccccc3)c2ncn1Cc1cc([N+](=O)[O-])cc2c1OCOC2. The maximum absolute atomic E-state index is 13.0. The van der Waals surface area contributed by atoms with Crippen LogP contribution in [0.2, 0.25) is 0 Å². The monoisotopic (exact) mass is 405 g/mol. The molecule has 0 atom stereocenters. The topological polar surface area (TPSA) is 114 Å². The molecule has 1 aliphatic heterocycles. The predicted molar refractivity (Wildman–Crippen MR) is 106 cm³/mol. The number of aromatic nitrogens is 4. The molecule has 5 rings (SSSR count). The lowest BCUT2D eigenvalue weighted by Crippen LogP contribution is -2.22. The van der Waals surface area contributed by atoms with E-state index in [9.17, 15) is 14.9 Å². The molecule has 0 fully saturated rings. The third kappa shape index (κ3) is 2.99. The molecule has 0 saturated heterocycles. The molecule has 3 heterocycles. The smallest absolute Gasteiger partial charge is 0.270 e. The highest BCUT2D eigenvalue weighted by molar-refractivity contribution is 5.75. The lowest BCUT2D eigenvalue weighted by Gasteiger charge is -2.20. The maximum Gasteiger partial charge on any atom is 0.270 e. The fourth-order valence-electron chi connectivity index (χ4n) is 3.51. The van der Waals surface area contributed by atoms with Crippen molar-refractivity contribution < 1.29 is 14.4 Å². The summed E-state index contributed by atoms with van der Waals surface area (Å²) >= 11 is 0. The zero-order valence-electron chi connectivity index (χ0n) is 15.6. The van der Waals surface area contributed by atoms with Crippen molar-refractivity contribution in [2.24, 2.45) is 0 Å². The molecule has 1 aliphatic rings. The summed E-state index contributed by atoms with van der Waals surface area (Å²) in [4.78, 5) is 28.3. The minimum Gasteiger partial charge on any atom is -0.467 e. The lowest BCUT2D eigenvalue weighted by molar-refractivity contribution is -0.385. The number of nitro groups is 1. The summed E-state index contributed by atoms with van der Waals surface area (Å²) in [7, 11) is 0. The first-order valence-corrected chi connectivity index (χ1v) is 9.11. The van der Waals surface area contributed by atoms with Gasteiger partial charge in [0, 0.05) is 23.3 Å². The van der Waals surface area contributed by atoms with Gasteiger partial charge in [0.2, 0.25) is 0 Å². The number of nitro benzene ring substituents is 1. The molecular weight excluding hydrogens is 390 g/mol. The number of benzene rings is 2. The van der Waals surface area contributed by atoms with Crippen molar-refractivity contribution in [2.75, 3.05) is 6.79 Å². The van der Waals surface area contributed by atoms with E-state index in [1.807, 2.05) is 30.3 Å². The van der Waals surface area contributed by atoms with Gasteiger partial charge in [-0.05, 0) is 12.1 Å². The number of para-hydroxylation sites is 1. The Kier molecular flexibility index (Phi) is 4.25. The van der Waals surface area contributed by atoms with Crippen LogP contribution < -0.4 is 10.3 Å². The van der Waals surface area contributed by atoms with E-state index in [1.54, 1.807) is 4.68 Å². The molecule has 0 bridgehead atoms. The van der Waals surface area contributed by atoms with E-state index < -0.39 is 4.92 Å². The third-order valence-corrected chi connectivity index (χ3v) is 4.88. The van der Waals surface area contributed by atoms with Crippen LogP contribution in [0.5, 0.6) is 5.75 Å². The van der Waals surface area contributed by atoms with Crippen molar-refractivity contribution >= 4 is 16.7 Å². The van der Waals surface area contributed by atoms with Gasteiger partial charge in [-0.1, -0.05) is 18.2 Å². The molecule has 2 aromatic heterocycles. The van der Waals surface area contributed by atoms with Gasteiger partial charge in [-0.25, -0.2) is 9.67 Å². The molecule has 10 heteroatoms. The fraction of sp³-hybridized carbons (Fsp3) is 0.150. The van der Waals surface area contributed by atoms with E-state index in [-0.39, 0.29) is 31.2 Å². The molecule has 0 spiro atoms. The number of hydrogen-bond donors (Lipinski definition) is 0. The van der Waals surface area contributed by atoms with Crippen LogP contribution in [0.4, 0.5) is 5.69 Å². The van der Waals surface area contributed by atoms with E-state index in [4.69, 9.17) is 9.47 Å². The third-order valence-electron chi connectivity index (χ3n) is 4.88. The first-order chi connectivity index (χ1) is 14.6. The number of hydrogen-bond acceptors (Lipinski definition) is 7. The second-order valence-corrected chi connectivity index (χ2v) is 6.77. The molecule has 0 N–H and O–H groups in total. The summed E-state index contributed by atoms with van der Waals surface area (Å²) in [6.45, 7) is 0.330. The predicted octanol–water partition coefficient (Wildman–Crippen LogP) is 2.41. The van der Waals surface area contributed by atoms with Gasteiger partial charge in [-0.3, -0.25) is 19.5 Å². The number of fused-ring (bicyclic) bond motifs is 2. The average molecular weight is 405 g/mol. The molecule has 30 heavy (non-hydrogen) atoms. The van der Waals surface area contributed by atoms with Gasteiger partial charge < -0.3 is 9.47 Å². The number of ether oxygens (including phenoxy) is 2. The Morgan fingerprint density at radius 1 is 1.20 bits per heavy atom. The van der Waals surface area contributed by atoms with E-state index in [0.29, 0.717) is 27.9 Å². The molecule has 2 aromatic carbocycles. The number of nitrogens with zero attached hydrogens (tertiary/aromatic N) is 5. The quantitative estimate of drug-likeness (QED) is 0.378. The molecule has 0 aliphatic carbocycles. The second kappa shape index (κ2) is 7.08. The summed E-state index contributed by atoms with van der Waals surface area (Å²) < 4.78 is 13.8. The van der Waals surface area contributed by atoms with Crippen molar-refractivity contribution in [1.29, 1.82) is 0 Å². The normalized spacial score (nSPS) is 13.1. The lowest BCUT2D eigenvalue weighted by atomic mass is 10.1. The van der Waals surface area contributed by atoms with Gasteiger partial charge in [-0.2, -0.15) is 5.10 Å². The van der Waals surface area contributed by atoms with Crippen molar-refractivity contribution in [1.82, 2.24) is 19.3 Å². The first-order valence-electron chi connectivity index (χ1n) is 9.11. The minimum atomic E-state index is -0.480. The summed E-state index contributed by atoms with van der Waals surface area (Å²) in [6, 6.07) is 12.2. The van der Waals surface area contributed by atoms with Crippen LogP contribution in [0.25, 0.3) is 16.7 Å². The van der Waals surface area contributed by atoms with E-state index in [1.165, 1.54) is 29.2 Å². The summed E-state index contributed by atoms with van der Waals surface area (Å²) in [5.74, 6) is 0.499. The van der Waals surface area contributed by atoms with Gasteiger partial charge in [0.25, 0.3) is 11.2 Å². The largest absolute Gasteiger partial charge is 0.467 e. The van der Waals surface area contributed by atoms with Crippen molar-refractivity contribution in [3.8, 4) is 11.4 Å². The van der Waals surface area contributed by atoms with Crippen LogP contribution in [0.3, 0.4) is 0 Å². The van der Waals surface area contributed by atoms with Crippen molar-refractivity contribution in [3.63, 3.8) is 0 Å². The highest BCUT2D eigenvalue weighted by Crippen LogP contribution is 2.33. The Balaban J connectivity index is 1.59. The van der Waals surface area contributed by atoms with E-state index >= 15 is 0 Å². The highest BCUT2D eigenvalue weighted by atomic mass is 16.7. The zero-order valence-corrected chi connectivity index (χ0v) is 15.6. The molecular formula is C20H15N5O5. The number of rotatable bonds is 4. The van der Waals surface area contributed by atoms with Crippen molar-refractivity contribution in [3.05, 3.63) is 86.6 Å². The Hall–Kier alpha value is -4.05. The van der Waals surface area contributed by atoms with E-state index in [0.717, 1.165) is 5.69 Å². The zero-order chi connectivity index (χ0) is 20.7. The minimum absolute atomic E-state index is 0.0494. The average Bonchev–Trinajstić information content (AvgIpc) is 3.21. The highest BCUT2D eigenvalue weighted by Gasteiger charge is 2.22. The van der Waals surface area contributed by atoms with Crippen LogP contribution in [-0.4, -0.2) is 31.0 Å². The van der Waals surface area contributed by atoms with Crippen LogP contribution >= 0.6 is 0 Å². The molecule has 0 unspecified atom stereocenters. The Bertz CT molecular complexity index is 1330. The van der Waals surface area contributed by atoms with E-state index in [2.05, 4.69) is 10.1 Å². The maximum atomic E-state index is 13.0. The Labute approximate surface area is 169 Å². The second-order valence-electron chi connectivity index (χ2n) is 6.77. The molecule has 4 aromatic rings. The number of non-ortho nitro benzene ring substituents is 1. The fourth-order valence-corrected chi connectivity index (χ4v) is 3.51. The van der Waals surface area contributed by atoms with Crippen LogP contribution in [0, 0.1) is 10.1 Å². The standard InChI is InChI=1S/C20H15N5O5/c26-20-17-8-22-24(15-4-2-1-3-5-15)19(17)21-11-23(20)9-13-6-16(25(27)28)7-14-10-29-12-30-18(13)14/h1-8,11H,9-10,12H2. The first kappa shape index (κ1) is 18.0. The van der Waals surface area contributed by atoms with Gasteiger partial charge >= 0.3 is 0 Å². The summed E-state index contributed by atoms with van der Waals surface area (Å²) in [5.41, 5.74) is 1.93. The Morgan fingerprint density at radius 3 is 2.83 bits per heavy atom. The van der Waals surface area contributed by atoms with Gasteiger partial charge in [0.15, 0.2) is 12.4 Å². The van der Waals surface area contributed by atoms with Crippen molar-refractivity contribution in [2.45, 2.75) is 13.2 Å². The van der Waals surface area contributed by atoms with Crippen LogP contribution in [0.1, 0.15) is 11.1 Å². The van der Waals surface area contributed by atoms with Crippen LogP contribution in [0.15, 0.2) is 59.8 Å². The van der Waals surface area contributed by atoms with Gasteiger partial charge in [0.05, 0.1) is 30.0 Å². The summed E-state index contributed by atoms with van der Waals surface area (Å²) in [5, 5.41) is 15.9. The summed E-state index contributed by atoms with van der Waals surface area (Å²) in [6.07, 6.45) is 2.89. The Morgan fingerprint density at radius 2 is 2.03 bits per heavy atom. The molecule has 0 saturated carbocycles. The molecule has 0 amide bonds.